The number of fused-ring (bicyclic) bond motifs is 1. The molecule has 0 atom stereocenters. The number of nitrogens with one attached hydrogen (secondary N) is 1. The zero-order chi connectivity index (χ0) is 8.72. The maximum absolute atomic E-state index is 5.84. The van der Waals surface area contributed by atoms with Crippen LogP contribution in [0.1, 0.15) is 5.56 Å². The summed E-state index contributed by atoms with van der Waals surface area (Å²) in [5, 5.41) is 1.09. The molecule has 12 heavy (non-hydrogen) atoms. The average Bonchev–Trinajstić information content (AvgIpc) is 2.29. The Morgan fingerprint density at radius 2 is 2.08 bits per heavy atom. The maximum atomic E-state index is 5.84. The van der Waals surface area contributed by atoms with E-state index in [1.54, 1.807) is 0 Å². The molecule has 0 unspecified atom stereocenters. The molecule has 0 saturated carbocycles. The van der Waals surface area contributed by atoms with Crippen molar-refractivity contribution >= 4 is 34.2 Å². The van der Waals surface area contributed by atoms with Crippen molar-refractivity contribution in [3.05, 3.63) is 28.0 Å². The molecule has 0 aliphatic rings. The van der Waals surface area contributed by atoms with Gasteiger partial charge in [0.25, 0.3) is 0 Å². The standard InChI is InChI=1S/C8H6Cl2N2/c1-4-2-5(9)3-6-7(4)12-8(10)11-6/h2-3H,1H3,(H,11,12). The zero-order valence-corrected chi connectivity index (χ0v) is 7.87. The smallest absolute Gasteiger partial charge is 0.201 e. The largest absolute Gasteiger partial charge is 0.329 e. The lowest BCUT2D eigenvalue weighted by molar-refractivity contribution is 1.34. The second-order valence-corrected chi connectivity index (χ2v) is 3.44. The van der Waals surface area contributed by atoms with Gasteiger partial charge in [0, 0.05) is 5.02 Å². The summed E-state index contributed by atoms with van der Waals surface area (Å²) in [5.74, 6) is 0. The first-order valence-electron chi connectivity index (χ1n) is 3.48. The summed E-state index contributed by atoms with van der Waals surface area (Å²) < 4.78 is 0. The number of aromatic amines is 1. The van der Waals surface area contributed by atoms with Crippen molar-refractivity contribution < 1.29 is 0 Å². The van der Waals surface area contributed by atoms with E-state index in [2.05, 4.69) is 9.97 Å². The van der Waals surface area contributed by atoms with Crippen molar-refractivity contribution in [2.45, 2.75) is 6.92 Å². The van der Waals surface area contributed by atoms with Gasteiger partial charge >= 0.3 is 0 Å². The first-order valence-corrected chi connectivity index (χ1v) is 4.24. The molecule has 0 radical (unpaired) electrons. The van der Waals surface area contributed by atoms with Gasteiger partial charge in [-0.15, -0.1) is 0 Å². The summed E-state index contributed by atoms with van der Waals surface area (Å²) in [7, 11) is 0. The van der Waals surface area contributed by atoms with Crippen LogP contribution in [0.15, 0.2) is 12.1 Å². The number of hydrogen-bond donors (Lipinski definition) is 1. The highest BCUT2D eigenvalue weighted by atomic mass is 35.5. The lowest BCUT2D eigenvalue weighted by Crippen LogP contribution is -1.76. The summed E-state index contributed by atoms with van der Waals surface area (Å²) in [6, 6.07) is 3.67. The summed E-state index contributed by atoms with van der Waals surface area (Å²) in [6.45, 7) is 1.95. The summed E-state index contributed by atoms with van der Waals surface area (Å²) in [4.78, 5) is 7.02. The molecule has 0 aliphatic carbocycles. The monoisotopic (exact) mass is 200 g/mol. The van der Waals surface area contributed by atoms with E-state index in [9.17, 15) is 0 Å². The van der Waals surface area contributed by atoms with Crippen LogP contribution in [-0.4, -0.2) is 9.97 Å². The first-order chi connectivity index (χ1) is 5.66. The fourth-order valence-corrected chi connectivity index (χ4v) is 1.68. The molecule has 0 amide bonds. The Labute approximate surface area is 79.5 Å². The first kappa shape index (κ1) is 7.90. The van der Waals surface area contributed by atoms with Crippen LogP contribution < -0.4 is 0 Å². The van der Waals surface area contributed by atoms with Crippen LogP contribution in [-0.2, 0) is 0 Å². The third-order valence-electron chi connectivity index (χ3n) is 1.71. The summed E-state index contributed by atoms with van der Waals surface area (Å²) in [6.07, 6.45) is 0. The van der Waals surface area contributed by atoms with Gasteiger partial charge in [-0.3, -0.25) is 0 Å². The van der Waals surface area contributed by atoms with Gasteiger partial charge in [-0.2, -0.15) is 0 Å². The number of rotatable bonds is 0. The Bertz CT molecular complexity index is 434. The van der Waals surface area contributed by atoms with Gasteiger partial charge in [0.1, 0.15) is 0 Å². The Balaban J connectivity index is 2.88. The van der Waals surface area contributed by atoms with Gasteiger partial charge in [-0.05, 0) is 36.2 Å². The fourth-order valence-electron chi connectivity index (χ4n) is 1.22. The van der Waals surface area contributed by atoms with Crippen LogP contribution >= 0.6 is 23.2 Å². The fraction of sp³-hybridized carbons (Fsp3) is 0.125. The van der Waals surface area contributed by atoms with Crippen molar-refractivity contribution in [1.29, 1.82) is 0 Å². The quantitative estimate of drug-likeness (QED) is 0.696. The number of aromatic nitrogens is 2. The van der Waals surface area contributed by atoms with Gasteiger partial charge in [0.2, 0.25) is 5.28 Å². The molecule has 1 aromatic heterocycles. The van der Waals surface area contributed by atoms with E-state index in [0.717, 1.165) is 16.6 Å². The number of aryl methyl sites for hydroxylation is 1. The van der Waals surface area contributed by atoms with Crippen molar-refractivity contribution in [1.82, 2.24) is 9.97 Å². The minimum atomic E-state index is 0.398. The normalized spacial score (nSPS) is 10.9. The maximum Gasteiger partial charge on any atom is 0.201 e. The second-order valence-electron chi connectivity index (χ2n) is 2.65. The highest BCUT2D eigenvalue weighted by molar-refractivity contribution is 6.31. The van der Waals surface area contributed by atoms with Crippen LogP contribution in [0, 0.1) is 6.92 Å². The molecule has 0 fully saturated rings. The minimum absolute atomic E-state index is 0.398. The Morgan fingerprint density at radius 1 is 1.33 bits per heavy atom. The van der Waals surface area contributed by atoms with E-state index in [1.165, 1.54) is 0 Å². The number of halogens is 2. The second kappa shape index (κ2) is 2.64. The van der Waals surface area contributed by atoms with E-state index < -0.39 is 0 Å². The number of imidazole rings is 1. The molecule has 0 bridgehead atoms. The molecule has 4 heteroatoms. The number of H-pyrrole nitrogens is 1. The van der Waals surface area contributed by atoms with Crippen molar-refractivity contribution in [3.8, 4) is 0 Å². The highest BCUT2D eigenvalue weighted by Gasteiger charge is 2.04. The molecule has 2 nitrogen and oxygen atoms in total. The molecule has 0 aliphatic heterocycles. The molecule has 1 heterocycles. The molecular weight excluding hydrogens is 195 g/mol. The number of hydrogen-bond acceptors (Lipinski definition) is 1. The lowest BCUT2D eigenvalue weighted by Gasteiger charge is -1.94. The number of nitrogens with zero attached hydrogens (tertiary/aromatic N) is 1. The third-order valence-corrected chi connectivity index (χ3v) is 2.11. The van der Waals surface area contributed by atoms with E-state index >= 15 is 0 Å². The van der Waals surface area contributed by atoms with Gasteiger partial charge in [-0.1, -0.05) is 11.6 Å². The van der Waals surface area contributed by atoms with E-state index in [1.807, 2.05) is 19.1 Å². The van der Waals surface area contributed by atoms with Crippen LogP contribution in [0.5, 0.6) is 0 Å². The Kier molecular flexibility index (Phi) is 1.74. The third kappa shape index (κ3) is 1.17. The van der Waals surface area contributed by atoms with Crippen molar-refractivity contribution in [2.24, 2.45) is 0 Å². The summed E-state index contributed by atoms with van der Waals surface area (Å²) >= 11 is 11.5. The van der Waals surface area contributed by atoms with Gasteiger partial charge < -0.3 is 4.98 Å². The predicted octanol–water partition coefficient (Wildman–Crippen LogP) is 3.18. The van der Waals surface area contributed by atoms with Gasteiger partial charge in [0.15, 0.2) is 0 Å². The van der Waals surface area contributed by atoms with Crippen LogP contribution in [0.3, 0.4) is 0 Å². The van der Waals surface area contributed by atoms with Gasteiger partial charge in [0.05, 0.1) is 11.0 Å². The van der Waals surface area contributed by atoms with Crippen molar-refractivity contribution in [2.75, 3.05) is 0 Å². The zero-order valence-electron chi connectivity index (χ0n) is 6.36. The van der Waals surface area contributed by atoms with Crippen LogP contribution in [0.4, 0.5) is 0 Å². The molecule has 1 aromatic carbocycles. The molecular formula is C8H6Cl2N2. The van der Waals surface area contributed by atoms with Crippen LogP contribution in [0.2, 0.25) is 10.3 Å². The molecule has 0 saturated heterocycles. The van der Waals surface area contributed by atoms with Gasteiger partial charge in [-0.25, -0.2) is 4.98 Å². The summed E-state index contributed by atoms with van der Waals surface area (Å²) in [5.41, 5.74) is 2.79. The topological polar surface area (TPSA) is 28.7 Å². The molecule has 0 spiro atoms. The minimum Gasteiger partial charge on any atom is -0.329 e. The Hall–Kier alpha value is -0.730. The lowest BCUT2D eigenvalue weighted by atomic mass is 10.2. The predicted molar refractivity (Wildman–Crippen MR) is 50.9 cm³/mol. The molecule has 1 N–H and O–H groups in total. The Morgan fingerprint density at radius 3 is 2.83 bits per heavy atom. The van der Waals surface area contributed by atoms with Crippen molar-refractivity contribution in [3.63, 3.8) is 0 Å². The molecule has 2 rings (SSSR count). The van der Waals surface area contributed by atoms with E-state index in [4.69, 9.17) is 23.2 Å². The number of benzene rings is 1. The average molecular weight is 201 g/mol. The highest BCUT2D eigenvalue weighted by Crippen LogP contribution is 2.22. The molecule has 62 valence electrons. The van der Waals surface area contributed by atoms with E-state index in [0.29, 0.717) is 10.3 Å². The SMILES string of the molecule is Cc1cc(Cl)cc2[nH]c(Cl)nc12. The van der Waals surface area contributed by atoms with E-state index in [-0.39, 0.29) is 0 Å². The van der Waals surface area contributed by atoms with Crippen LogP contribution in [0.25, 0.3) is 11.0 Å². The molecule has 2 aromatic rings.